The molecule has 1 N–H and O–H groups in total. The molecule has 146 valence electrons. The monoisotopic (exact) mass is 396 g/mol. The predicted octanol–water partition coefficient (Wildman–Crippen LogP) is 5.11. The van der Waals surface area contributed by atoms with Crippen molar-refractivity contribution in [1.29, 1.82) is 0 Å². The van der Waals surface area contributed by atoms with Gasteiger partial charge in [-0.3, -0.25) is 9.78 Å². The normalized spacial score (nSPS) is 11.0. The molecular formula is C23H16N4O3. The van der Waals surface area contributed by atoms with Crippen molar-refractivity contribution in [2.45, 2.75) is 6.92 Å². The number of amides is 1. The second kappa shape index (κ2) is 7.29. The number of rotatable bonds is 4. The minimum atomic E-state index is -0.307. The third kappa shape index (κ3) is 3.22. The number of pyridine rings is 2. The van der Waals surface area contributed by atoms with Gasteiger partial charge in [0.1, 0.15) is 11.4 Å². The summed E-state index contributed by atoms with van der Waals surface area (Å²) in [5.41, 5.74) is 4.29. The second-order valence-corrected chi connectivity index (χ2v) is 6.80. The fourth-order valence-electron chi connectivity index (χ4n) is 3.22. The molecule has 1 amide bonds. The van der Waals surface area contributed by atoms with Crippen molar-refractivity contribution >= 4 is 22.7 Å². The van der Waals surface area contributed by atoms with Gasteiger partial charge in [0.15, 0.2) is 5.76 Å². The molecule has 0 aliphatic heterocycles. The van der Waals surface area contributed by atoms with Crippen LogP contribution in [0.2, 0.25) is 0 Å². The first-order chi connectivity index (χ1) is 14.7. The second-order valence-electron chi connectivity index (χ2n) is 6.80. The Morgan fingerprint density at radius 2 is 1.83 bits per heavy atom. The third-order valence-corrected chi connectivity index (χ3v) is 4.73. The molecule has 0 saturated carbocycles. The highest BCUT2D eigenvalue weighted by Crippen LogP contribution is 2.33. The number of aromatic nitrogens is 3. The molecule has 0 bridgehead atoms. The van der Waals surface area contributed by atoms with Crippen molar-refractivity contribution in [1.82, 2.24) is 15.1 Å². The quantitative estimate of drug-likeness (QED) is 0.454. The average Bonchev–Trinajstić information content (AvgIpc) is 3.44. The molecule has 0 spiro atoms. The van der Waals surface area contributed by atoms with Gasteiger partial charge in [-0.05, 0) is 37.3 Å². The van der Waals surface area contributed by atoms with Crippen LogP contribution in [0.1, 0.15) is 15.9 Å². The zero-order valence-corrected chi connectivity index (χ0v) is 16.0. The number of carbonyl (C=O) groups excluding carboxylic acids is 1. The summed E-state index contributed by atoms with van der Waals surface area (Å²) in [6.07, 6.45) is 4.78. The van der Waals surface area contributed by atoms with Gasteiger partial charge in [-0.1, -0.05) is 35.0 Å². The molecule has 5 aromatic rings. The number of aryl methyl sites for hydroxylation is 1. The van der Waals surface area contributed by atoms with Crippen LogP contribution in [0.4, 0.5) is 5.69 Å². The van der Waals surface area contributed by atoms with Crippen LogP contribution in [0.5, 0.6) is 0 Å². The molecule has 0 saturated heterocycles. The number of fused-ring (bicyclic) bond motifs is 1. The van der Waals surface area contributed by atoms with Gasteiger partial charge < -0.3 is 14.3 Å². The molecule has 5 rings (SSSR count). The molecule has 0 radical (unpaired) electrons. The van der Waals surface area contributed by atoms with Gasteiger partial charge in [-0.15, -0.1) is 0 Å². The molecule has 30 heavy (non-hydrogen) atoms. The van der Waals surface area contributed by atoms with E-state index in [0.717, 1.165) is 11.1 Å². The Labute approximate surface area is 171 Å². The zero-order chi connectivity index (χ0) is 20.5. The van der Waals surface area contributed by atoms with Gasteiger partial charge in [-0.2, -0.15) is 0 Å². The van der Waals surface area contributed by atoms with Gasteiger partial charge in [0, 0.05) is 23.6 Å². The number of hydrogen-bond donors (Lipinski definition) is 1. The lowest BCUT2D eigenvalue weighted by Gasteiger charge is -2.08. The Morgan fingerprint density at radius 1 is 1.03 bits per heavy atom. The van der Waals surface area contributed by atoms with Crippen molar-refractivity contribution < 1.29 is 13.7 Å². The van der Waals surface area contributed by atoms with Crippen LogP contribution in [-0.4, -0.2) is 21.0 Å². The summed E-state index contributed by atoms with van der Waals surface area (Å²) in [4.78, 5) is 21.7. The van der Waals surface area contributed by atoms with Crippen LogP contribution < -0.4 is 5.32 Å². The number of hydrogen-bond acceptors (Lipinski definition) is 6. The molecular weight excluding hydrogens is 380 g/mol. The summed E-state index contributed by atoms with van der Waals surface area (Å²) in [6, 6.07) is 16.5. The minimum Gasteiger partial charge on any atom is -0.463 e. The van der Waals surface area contributed by atoms with E-state index in [0.29, 0.717) is 33.8 Å². The molecule has 1 aromatic carbocycles. The van der Waals surface area contributed by atoms with E-state index in [9.17, 15) is 4.79 Å². The number of benzene rings is 1. The Morgan fingerprint density at radius 3 is 2.57 bits per heavy atom. The fourth-order valence-corrected chi connectivity index (χ4v) is 3.22. The molecule has 4 heterocycles. The van der Waals surface area contributed by atoms with Crippen LogP contribution in [0.3, 0.4) is 0 Å². The maximum absolute atomic E-state index is 13.2. The fraction of sp³-hybridized carbons (Fsp3) is 0.0435. The Kier molecular flexibility index (Phi) is 4.33. The zero-order valence-electron chi connectivity index (χ0n) is 16.0. The number of anilines is 1. The average molecular weight is 396 g/mol. The lowest BCUT2D eigenvalue weighted by atomic mass is 10.0. The maximum Gasteiger partial charge on any atom is 0.259 e. The van der Waals surface area contributed by atoms with E-state index in [1.54, 1.807) is 49.0 Å². The van der Waals surface area contributed by atoms with E-state index in [2.05, 4.69) is 20.4 Å². The summed E-state index contributed by atoms with van der Waals surface area (Å²) in [6.45, 7) is 2.01. The van der Waals surface area contributed by atoms with Gasteiger partial charge >= 0.3 is 0 Å². The molecule has 0 fully saturated rings. The summed E-state index contributed by atoms with van der Waals surface area (Å²) in [5, 5.41) is 7.65. The summed E-state index contributed by atoms with van der Waals surface area (Å²) in [5.74, 6) is 0.223. The highest BCUT2D eigenvalue weighted by atomic mass is 16.5. The van der Waals surface area contributed by atoms with Gasteiger partial charge in [0.2, 0.25) is 0 Å². The first kappa shape index (κ1) is 17.8. The van der Waals surface area contributed by atoms with E-state index in [4.69, 9.17) is 8.94 Å². The van der Waals surface area contributed by atoms with E-state index in [1.807, 2.05) is 31.2 Å². The maximum atomic E-state index is 13.2. The van der Waals surface area contributed by atoms with Crippen LogP contribution in [-0.2, 0) is 0 Å². The number of nitrogens with one attached hydrogen (secondary N) is 1. The lowest BCUT2D eigenvalue weighted by molar-refractivity contribution is 0.102. The standard InChI is InChI=1S/C23H16N4O3/c1-14-4-6-15(7-5-14)21-20-17(22(28)25-16-8-10-24-11-9-16)13-18(19-3-2-12-29-19)26-23(20)30-27-21/h2-13H,1H3,(H,24,25,28). The van der Waals surface area contributed by atoms with Crippen molar-refractivity contribution in [2.24, 2.45) is 0 Å². The number of nitrogens with zero attached hydrogens (tertiary/aromatic N) is 3. The molecule has 4 aromatic heterocycles. The highest BCUT2D eigenvalue weighted by Gasteiger charge is 2.22. The van der Waals surface area contributed by atoms with E-state index < -0.39 is 0 Å². The van der Waals surface area contributed by atoms with Crippen molar-refractivity contribution in [3.63, 3.8) is 0 Å². The lowest BCUT2D eigenvalue weighted by Crippen LogP contribution is -2.13. The summed E-state index contributed by atoms with van der Waals surface area (Å²) in [7, 11) is 0. The SMILES string of the molecule is Cc1ccc(-c2noc3nc(-c4ccco4)cc(C(=O)Nc4ccncc4)c23)cc1. The molecule has 0 unspecified atom stereocenters. The van der Waals surface area contributed by atoms with Gasteiger partial charge in [0.05, 0.1) is 17.2 Å². The summed E-state index contributed by atoms with van der Waals surface area (Å²) < 4.78 is 11.0. The molecule has 7 nitrogen and oxygen atoms in total. The summed E-state index contributed by atoms with van der Waals surface area (Å²) >= 11 is 0. The first-order valence-corrected chi connectivity index (χ1v) is 9.32. The topological polar surface area (TPSA) is 94.0 Å². The van der Waals surface area contributed by atoms with Crippen LogP contribution in [0.25, 0.3) is 33.8 Å². The van der Waals surface area contributed by atoms with Crippen molar-refractivity contribution in [2.75, 3.05) is 5.32 Å². The molecule has 0 aliphatic carbocycles. The third-order valence-electron chi connectivity index (χ3n) is 4.73. The van der Waals surface area contributed by atoms with Crippen LogP contribution in [0.15, 0.2) is 82.2 Å². The van der Waals surface area contributed by atoms with Gasteiger partial charge in [0.25, 0.3) is 11.6 Å². The van der Waals surface area contributed by atoms with Crippen molar-refractivity contribution in [3.05, 3.63) is 84.4 Å². The first-order valence-electron chi connectivity index (χ1n) is 9.32. The number of furan rings is 1. The number of carbonyl (C=O) groups is 1. The molecule has 0 aliphatic rings. The van der Waals surface area contributed by atoms with Crippen LogP contribution in [0, 0.1) is 6.92 Å². The van der Waals surface area contributed by atoms with Crippen LogP contribution >= 0.6 is 0 Å². The smallest absolute Gasteiger partial charge is 0.259 e. The molecule has 0 atom stereocenters. The van der Waals surface area contributed by atoms with E-state index in [-0.39, 0.29) is 11.6 Å². The highest BCUT2D eigenvalue weighted by molar-refractivity contribution is 6.15. The predicted molar refractivity (Wildman–Crippen MR) is 112 cm³/mol. The Bertz CT molecular complexity index is 1320. The van der Waals surface area contributed by atoms with Crippen molar-refractivity contribution in [3.8, 4) is 22.7 Å². The largest absolute Gasteiger partial charge is 0.463 e. The van der Waals surface area contributed by atoms with Gasteiger partial charge in [-0.25, -0.2) is 4.98 Å². The minimum absolute atomic E-state index is 0.263. The Hall–Kier alpha value is -4.26. The van der Waals surface area contributed by atoms with E-state index >= 15 is 0 Å². The van der Waals surface area contributed by atoms with E-state index in [1.165, 1.54) is 0 Å². The molecule has 7 heteroatoms. The Balaban J connectivity index is 1.69.